The summed E-state index contributed by atoms with van der Waals surface area (Å²) < 4.78 is 48.0. The quantitative estimate of drug-likeness (QED) is 0.477. The monoisotopic (exact) mass is 491 g/mol. The molecule has 3 aromatic rings. The average Bonchev–Trinajstić information content (AvgIpc) is 3.37. The number of piperazine rings is 1. The maximum absolute atomic E-state index is 13.0. The van der Waals surface area contributed by atoms with Crippen molar-refractivity contribution < 1.29 is 22.7 Å². The van der Waals surface area contributed by atoms with Crippen LogP contribution >= 0.6 is 0 Å². The Kier molecular flexibility index (Phi) is 6.97. The van der Waals surface area contributed by atoms with E-state index in [1.165, 1.54) is 4.90 Å². The van der Waals surface area contributed by atoms with E-state index in [0.29, 0.717) is 31.7 Å². The normalized spacial score (nSPS) is 16.8. The number of pyridine rings is 1. The summed E-state index contributed by atoms with van der Waals surface area (Å²) in [5.41, 5.74) is 3.96. The van der Waals surface area contributed by atoms with E-state index < -0.39 is 12.7 Å². The summed E-state index contributed by atoms with van der Waals surface area (Å²) in [6.07, 6.45) is 1.16. The molecule has 4 heterocycles. The lowest BCUT2D eigenvalue weighted by Crippen LogP contribution is -2.49. The SMILES string of the molecule is Cc1c(C(=O)OC(C)C)cc2cc(-c3nccn3C)cn2c1C(C)N1CCN(CC(F)(F)F)CC1. The van der Waals surface area contributed by atoms with Gasteiger partial charge in [0, 0.05) is 74.6 Å². The summed E-state index contributed by atoms with van der Waals surface area (Å²) in [4.78, 5) is 21.0. The van der Waals surface area contributed by atoms with Gasteiger partial charge in [0.05, 0.1) is 18.2 Å². The number of imidazole rings is 1. The van der Waals surface area contributed by atoms with Crippen LogP contribution in [0.3, 0.4) is 0 Å². The van der Waals surface area contributed by atoms with E-state index >= 15 is 0 Å². The van der Waals surface area contributed by atoms with Crippen LogP contribution in [0.15, 0.2) is 30.7 Å². The van der Waals surface area contributed by atoms with Crippen LogP contribution in [0.25, 0.3) is 16.9 Å². The highest BCUT2D eigenvalue weighted by Gasteiger charge is 2.34. The largest absolute Gasteiger partial charge is 0.459 e. The van der Waals surface area contributed by atoms with Crippen molar-refractivity contribution in [3.63, 3.8) is 0 Å². The average molecular weight is 492 g/mol. The maximum Gasteiger partial charge on any atom is 0.401 e. The van der Waals surface area contributed by atoms with Crippen LogP contribution in [0.4, 0.5) is 13.2 Å². The Morgan fingerprint density at radius 3 is 2.40 bits per heavy atom. The van der Waals surface area contributed by atoms with Crippen molar-refractivity contribution in [3.05, 3.63) is 47.5 Å². The molecular weight excluding hydrogens is 459 g/mol. The lowest BCUT2D eigenvalue weighted by Gasteiger charge is -2.39. The van der Waals surface area contributed by atoms with Crippen molar-refractivity contribution in [1.29, 1.82) is 0 Å². The zero-order valence-corrected chi connectivity index (χ0v) is 20.8. The molecular formula is C25H32F3N5O2. The van der Waals surface area contributed by atoms with Gasteiger partial charge in [0.15, 0.2) is 0 Å². The Bertz CT molecular complexity index is 1210. The Labute approximate surface area is 203 Å². The predicted molar refractivity (Wildman–Crippen MR) is 127 cm³/mol. The lowest BCUT2D eigenvalue weighted by molar-refractivity contribution is -0.149. The molecule has 0 N–H and O–H groups in total. The molecule has 10 heteroatoms. The predicted octanol–water partition coefficient (Wildman–Crippen LogP) is 4.45. The highest BCUT2D eigenvalue weighted by atomic mass is 19.4. The molecule has 1 aliphatic heterocycles. The van der Waals surface area contributed by atoms with Gasteiger partial charge in [-0.25, -0.2) is 9.78 Å². The van der Waals surface area contributed by atoms with Gasteiger partial charge in [0.1, 0.15) is 5.82 Å². The highest BCUT2D eigenvalue weighted by molar-refractivity contribution is 5.93. The van der Waals surface area contributed by atoms with Gasteiger partial charge < -0.3 is 13.7 Å². The van der Waals surface area contributed by atoms with Crippen molar-refractivity contribution in [2.24, 2.45) is 7.05 Å². The molecule has 35 heavy (non-hydrogen) atoms. The topological polar surface area (TPSA) is 55.0 Å². The minimum Gasteiger partial charge on any atom is -0.459 e. The van der Waals surface area contributed by atoms with E-state index in [2.05, 4.69) is 14.3 Å². The van der Waals surface area contributed by atoms with Gasteiger partial charge >= 0.3 is 12.1 Å². The molecule has 1 fully saturated rings. The number of hydrogen-bond acceptors (Lipinski definition) is 5. The second kappa shape index (κ2) is 9.66. The molecule has 4 rings (SSSR count). The third-order valence-corrected chi connectivity index (χ3v) is 6.58. The number of esters is 1. The summed E-state index contributed by atoms with van der Waals surface area (Å²) in [7, 11) is 1.92. The van der Waals surface area contributed by atoms with Crippen LogP contribution < -0.4 is 0 Å². The molecule has 7 nitrogen and oxygen atoms in total. The minimum absolute atomic E-state index is 0.126. The molecule has 1 aliphatic rings. The minimum atomic E-state index is -4.20. The molecule has 0 amide bonds. The van der Waals surface area contributed by atoms with Crippen molar-refractivity contribution in [1.82, 2.24) is 23.8 Å². The Morgan fingerprint density at radius 1 is 1.14 bits per heavy atom. The zero-order chi connectivity index (χ0) is 25.5. The molecule has 190 valence electrons. The van der Waals surface area contributed by atoms with Crippen LogP contribution in [0.5, 0.6) is 0 Å². The van der Waals surface area contributed by atoms with E-state index in [9.17, 15) is 18.0 Å². The van der Waals surface area contributed by atoms with Crippen LogP contribution in [0, 0.1) is 6.92 Å². The summed E-state index contributed by atoms with van der Waals surface area (Å²) in [6, 6.07) is 3.70. The number of alkyl halides is 3. The zero-order valence-electron chi connectivity index (χ0n) is 20.8. The van der Waals surface area contributed by atoms with Crippen LogP contribution in [-0.4, -0.2) is 74.7 Å². The number of nitrogens with zero attached hydrogens (tertiary/aromatic N) is 5. The van der Waals surface area contributed by atoms with Gasteiger partial charge in [-0.15, -0.1) is 0 Å². The summed E-state index contributed by atoms with van der Waals surface area (Å²) in [6.45, 7) is 8.37. The molecule has 0 spiro atoms. The van der Waals surface area contributed by atoms with Gasteiger partial charge in [-0.3, -0.25) is 9.80 Å². The number of carbonyl (C=O) groups is 1. The number of rotatable bonds is 6. The van der Waals surface area contributed by atoms with Crippen molar-refractivity contribution in [2.45, 2.75) is 46.0 Å². The van der Waals surface area contributed by atoms with E-state index in [1.54, 1.807) is 6.20 Å². The fourth-order valence-corrected chi connectivity index (χ4v) is 4.88. The van der Waals surface area contributed by atoms with Crippen LogP contribution in [-0.2, 0) is 11.8 Å². The van der Waals surface area contributed by atoms with E-state index in [0.717, 1.165) is 28.2 Å². The Balaban J connectivity index is 1.73. The first-order valence-corrected chi connectivity index (χ1v) is 11.8. The molecule has 3 aromatic heterocycles. The van der Waals surface area contributed by atoms with E-state index in [-0.39, 0.29) is 18.1 Å². The maximum atomic E-state index is 13.0. The summed E-state index contributed by atoms with van der Waals surface area (Å²) >= 11 is 0. The van der Waals surface area contributed by atoms with Gasteiger partial charge in [-0.05, 0) is 45.4 Å². The number of fused-ring (bicyclic) bond motifs is 1. The van der Waals surface area contributed by atoms with Crippen LogP contribution in [0.1, 0.15) is 48.4 Å². The molecule has 0 bridgehead atoms. The van der Waals surface area contributed by atoms with Crippen molar-refractivity contribution in [3.8, 4) is 11.4 Å². The second-order valence-corrected chi connectivity index (χ2v) is 9.51. The number of carbonyl (C=O) groups excluding carboxylic acids is 1. The lowest BCUT2D eigenvalue weighted by atomic mass is 10.0. The Morgan fingerprint density at radius 2 is 1.83 bits per heavy atom. The van der Waals surface area contributed by atoms with Gasteiger partial charge in [-0.1, -0.05) is 0 Å². The molecule has 0 saturated carbocycles. The van der Waals surface area contributed by atoms with Gasteiger partial charge in [0.2, 0.25) is 0 Å². The van der Waals surface area contributed by atoms with E-state index in [4.69, 9.17) is 4.74 Å². The van der Waals surface area contributed by atoms with Crippen molar-refractivity contribution in [2.75, 3.05) is 32.7 Å². The summed E-state index contributed by atoms with van der Waals surface area (Å²) in [5.74, 6) is 0.417. The van der Waals surface area contributed by atoms with Gasteiger partial charge in [-0.2, -0.15) is 13.2 Å². The molecule has 1 saturated heterocycles. The highest BCUT2D eigenvalue weighted by Crippen LogP contribution is 2.32. The smallest absolute Gasteiger partial charge is 0.401 e. The fraction of sp³-hybridized carbons (Fsp3) is 0.520. The number of hydrogen-bond donors (Lipinski definition) is 0. The number of aryl methyl sites for hydroxylation is 1. The number of ether oxygens (including phenoxy) is 1. The summed E-state index contributed by atoms with van der Waals surface area (Å²) in [5, 5.41) is 0. The number of halogens is 3. The fourth-order valence-electron chi connectivity index (χ4n) is 4.88. The third-order valence-electron chi connectivity index (χ3n) is 6.58. The number of aromatic nitrogens is 3. The second-order valence-electron chi connectivity index (χ2n) is 9.51. The first kappa shape index (κ1) is 25.2. The first-order valence-electron chi connectivity index (χ1n) is 11.8. The Hall–Kier alpha value is -2.85. The van der Waals surface area contributed by atoms with Crippen LogP contribution in [0.2, 0.25) is 0 Å². The molecule has 0 aliphatic carbocycles. The molecule has 1 unspecified atom stereocenters. The third kappa shape index (κ3) is 5.38. The molecule has 0 radical (unpaired) electrons. The van der Waals surface area contributed by atoms with Crippen molar-refractivity contribution >= 4 is 11.5 Å². The first-order chi connectivity index (χ1) is 16.4. The van der Waals surface area contributed by atoms with E-state index in [1.807, 2.05) is 63.8 Å². The standard InChI is InChI=1S/C25H32F3N5O2/c1-16(2)35-24(34)21-13-20-12-19(23-29-6-7-30(23)5)14-33(20)22(17(21)3)18(4)32-10-8-31(9-11-32)15-25(26,27)28/h6-7,12-14,16,18H,8-11,15H2,1-5H3. The molecule has 0 aromatic carbocycles. The molecule has 1 atom stereocenters. The van der Waals surface area contributed by atoms with Gasteiger partial charge in [0.25, 0.3) is 0 Å².